The monoisotopic (exact) mass is 318 g/mol. The van der Waals surface area contributed by atoms with E-state index in [9.17, 15) is 8.42 Å². The largest absolute Gasteiger partial charge is 0.464 e. The van der Waals surface area contributed by atoms with Gasteiger partial charge in [-0.3, -0.25) is 0 Å². The van der Waals surface area contributed by atoms with Crippen LogP contribution in [0.25, 0.3) is 0 Å². The highest BCUT2D eigenvalue weighted by molar-refractivity contribution is 7.89. The Bertz CT molecular complexity index is 511. The number of methoxy groups -OCH3 is 1. The molecule has 0 aliphatic rings. The third kappa shape index (κ3) is 6.60. The van der Waals surface area contributed by atoms with Gasteiger partial charge in [-0.25, -0.2) is 13.1 Å². The first-order valence-electron chi connectivity index (χ1n) is 7.10. The molecule has 1 heterocycles. The number of nitrogens with one attached hydrogen (secondary N) is 1. The Morgan fingerprint density at radius 3 is 2.62 bits per heavy atom. The SMILES string of the molecule is CCc1ccc(C(COC)NS(=O)(=O)CCCN(C)C)o1. The molecule has 6 nitrogen and oxygen atoms in total. The van der Waals surface area contributed by atoms with Crippen LogP contribution in [-0.2, 0) is 21.2 Å². The topological polar surface area (TPSA) is 71.8 Å². The summed E-state index contributed by atoms with van der Waals surface area (Å²) < 4.78 is 37.6. The average Bonchev–Trinajstić information content (AvgIpc) is 2.86. The van der Waals surface area contributed by atoms with E-state index in [1.54, 1.807) is 6.07 Å². The zero-order valence-electron chi connectivity index (χ0n) is 13.3. The van der Waals surface area contributed by atoms with E-state index in [1.807, 2.05) is 32.0 Å². The van der Waals surface area contributed by atoms with Crippen molar-refractivity contribution in [2.24, 2.45) is 0 Å². The van der Waals surface area contributed by atoms with Crippen LogP contribution in [0.4, 0.5) is 0 Å². The summed E-state index contributed by atoms with van der Waals surface area (Å²) >= 11 is 0. The zero-order valence-corrected chi connectivity index (χ0v) is 14.1. The van der Waals surface area contributed by atoms with E-state index >= 15 is 0 Å². The van der Waals surface area contributed by atoms with Crippen molar-refractivity contribution in [1.82, 2.24) is 9.62 Å². The fraction of sp³-hybridized carbons (Fsp3) is 0.714. The minimum absolute atomic E-state index is 0.0900. The maximum Gasteiger partial charge on any atom is 0.212 e. The standard InChI is InChI=1S/C14H26N2O4S/c1-5-12-7-8-14(20-12)13(11-19-4)15-21(17,18)10-6-9-16(2)3/h7-8,13,15H,5-6,9-11H2,1-4H3. The van der Waals surface area contributed by atoms with Crippen LogP contribution in [0.3, 0.4) is 0 Å². The second kappa shape index (κ2) is 8.53. The van der Waals surface area contributed by atoms with Crippen LogP contribution in [0.5, 0.6) is 0 Å². The van der Waals surface area contributed by atoms with Gasteiger partial charge in [0.25, 0.3) is 0 Å². The summed E-state index contributed by atoms with van der Waals surface area (Å²) in [5, 5.41) is 0. The Morgan fingerprint density at radius 2 is 2.10 bits per heavy atom. The van der Waals surface area contributed by atoms with Crippen molar-refractivity contribution < 1.29 is 17.6 Å². The fourth-order valence-electron chi connectivity index (χ4n) is 1.96. The highest BCUT2D eigenvalue weighted by Gasteiger charge is 2.22. The van der Waals surface area contributed by atoms with Crippen molar-refractivity contribution in [3.05, 3.63) is 23.7 Å². The normalized spacial score (nSPS) is 13.8. The molecule has 0 saturated heterocycles. The van der Waals surface area contributed by atoms with E-state index < -0.39 is 16.1 Å². The highest BCUT2D eigenvalue weighted by atomic mass is 32.2. The van der Waals surface area contributed by atoms with Crippen molar-refractivity contribution in [3.8, 4) is 0 Å². The number of nitrogens with zero attached hydrogens (tertiary/aromatic N) is 1. The second-order valence-electron chi connectivity index (χ2n) is 5.26. The number of sulfonamides is 1. The average molecular weight is 318 g/mol. The smallest absolute Gasteiger partial charge is 0.212 e. The molecule has 122 valence electrons. The van der Waals surface area contributed by atoms with Gasteiger partial charge in [-0.2, -0.15) is 0 Å². The van der Waals surface area contributed by atoms with Crippen molar-refractivity contribution in [3.63, 3.8) is 0 Å². The van der Waals surface area contributed by atoms with Crippen molar-refractivity contribution in [1.29, 1.82) is 0 Å². The summed E-state index contributed by atoms with van der Waals surface area (Å²) in [7, 11) is 2.02. The molecular formula is C14H26N2O4S. The molecule has 1 unspecified atom stereocenters. The lowest BCUT2D eigenvalue weighted by molar-refractivity contribution is 0.165. The lowest BCUT2D eigenvalue weighted by Gasteiger charge is -2.16. The van der Waals surface area contributed by atoms with Gasteiger partial charge >= 0.3 is 0 Å². The quantitative estimate of drug-likeness (QED) is 0.706. The lowest BCUT2D eigenvalue weighted by atomic mass is 10.2. The van der Waals surface area contributed by atoms with Crippen LogP contribution in [0.1, 0.15) is 30.9 Å². The number of hydrogen-bond acceptors (Lipinski definition) is 5. The minimum Gasteiger partial charge on any atom is -0.464 e. The van der Waals surface area contributed by atoms with Gasteiger partial charge in [0.2, 0.25) is 10.0 Å². The van der Waals surface area contributed by atoms with Crippen molar-refractivity contribution in [2.75, 3.05) is 40.1 Å². The summed E-state index contributed by atoms with van der Waals surface area (Å²) in [4.78, 5) is 1.96. The number of aryl methyl sites for hydroxylation is 1. The molecular weight excluding hydrogens is 292 g/mol. The number of furan rings is 1. The Hall–Kier alpha value is -0.890. The molecule has 0 amide bonds. The number of ether oxygens (including phenoxy) is 1. The van der Waals surface area contributed by atoms with Gasteiger partial charge in [-0.05, 0) is 39.2 Å². The molecule has 0 aromatic carbocycles. The van der Waals surface area contributed by atoms with Crippen molar-refractivity contribution >= 4 is 10.0 Å². The molecule has 21 heavy (non-hydrogen) atoms. The van der Waals surface area contributed by atoms with Crippen LogP contribution >= 0.6 is 0 Å². The van der Waals surface area contributed by atoms with Gasteiger partial charge in [0.05, 0.1) is 12.4 Å². The summed E-state index contributed by atoms with van der Waals surface area (Å²) in [6.07, 6.45) is 1.36. The third-order valence-electron chi connectivity index (χ3n) is 3.05. The van der Waals surface area contributed by atoms with Crippen LogP contribution in [0.2, 0.25) is 0 Å². The van der Waals surface area contributed by atoms with E-state index in [2.05, 4.69) is 4.72 Å². The van der Waals surface area contributed by atoms with Crippen LogP contribution in [0.15, 0.2) is 16.5 Å². The van der Waals surface area contributed by atoms with E-state index in [4.69, 9.17) is 9.15 Å². The molecule has 0 bridgehead atoms. The van der Waals surface area contributed by atoms with Gasteiger partial charge in [0.1, 0.15) is 17.6 Å². The molecule has 7 heteroatoms. The molecule has 1 aromatic rings. The molecule has 0 saturated carbocycles. The third-order valence-corrected chi connectivity index (χ3v) is 4.52. The van der Waals surface area contributed by atoms with E-state index in [0.717, 1.165) is 18.7 Å². The number of hydrogen-bond donors (Lipinski definition) is 1. The molecule has 1 atom stereocenters. The Balaban J connectivity index is 2.68. The predicted molar refractivity (Wildman–Crippen MR) is 82.8 cm³/mol. The summed E-state index contributed by atoms with van der Waals surface area (Å²) in [6.45, 7) is 2.96. The van der Waals surface area contributed by atoms with Gasteiger partial charge in [-0.1, -0.05) is 6.92 Å². The molecule has 0 radical (unpaired) electrons. The maximum absolute atomic E-state index is 12.1. The maximum atomic E-state index is 12.1. The molecule has 0 fully saturated rings. The van der Waals surface area contributed by atoms with Gasteiger partial charge in [0.15, 0.2) is 0 Å². The van der Waals surface area contributed by atoms with Crippen LogP contribution in [-0.4, -0.2) is 53.4 Å². The van der Waals surface area contributed by atoms with E-state index in [0.29, 0.717) is 12.2 Å². The first-order chi connectivity index (χ1) is 9.88. The molecule has 0 aliphatic heterocycles. The lowest BCUT2D eigenvalue weighted by Crippen LogP contribution is -2.33. The Labute approximate surface area is 127 Å². The van der Waals surface area contributed by atoms with Crippen LogP contribution in [0, 0.1) is 0 Å². The first-order valence-corrected chi connectivity index (χ1v) is 8.75. The Kier molecular flexibility index (Phi) is 7.37. The molecule has 0 aliphatic carbocycles. The Morgan fingerprint density at radius 1 is 1.38 bits per heavy atom. The molecule has 0 spiro atoms. The summed E-state index contributed by atoms with van der Waals surface area (Å²) in [6, 6.07) is 3.17. The van der Waals surface area contributed by atoms with Gasteiger partial charge in [-0.15, -0.1) is 0 Å². The van der Waals surface area contributed by atoms with E-state index in [1.165, 1.54) is 7.11 Å². The minimum atomic E-state index is -3.36. The predicted octanol–water partition coefficient (Wildman–Crippen LogP) is 1.40. The van der Waals surface area contributed by atoms with Gasteiger partial charge in [0, 0.05) is 13.5 Å². The van der Waals surface area contributed by atoms with E-state index in [-0.39, 0.29) is 12.4 Å². The molecule has 1 N–H and O–H groups in total. The van der Waals surface area contributed by atoms with Crippen LogP contribution < -0.4 is 4.72 Å². The van der Waals surface area contributed by atoms with Crippen molar-refractivity contribution in [2.45, 2.75) is 25.8 Å². The number of rotatable bonds is 10. The fourth-order valence-corrected chi connectivity index (χ4v) is 3.20. The first kappa shape index (κ1) is 18.2. The molecule has 1 rings (SSSR count). The summed E-state index contributed by atoms with van der Waals surface area (Å²) in [5.74, 6) is 1.51. The molecule has 1 aromatic heterocycles. The second-order valence-corrected chi connectivity index (χ2v) is 7.13. The van der Waals surface area contributed by atoms with Gasteiger partial charge < -0.3 is 14.1 Å². The summed E-state index contributed by atoms with van der Waals surface area (Å²) in [5.41, 5.74) is 0. The zero-order chi connectivity index (χ0) is 15.9. The highest BCUT2D eigenvalue weighted by Crippen LogP contribution is 2.18.